The normalized spacial score (nSPS) is 14.2. The molecule has 9 amide bonds. The molecule has 2 rings (SSSR count). The van der Waals surface area contributed by atoms with Crippen LogP contribution in [-0.4, -0.2) is 184 Å². The molecule has 0 fully saturated rings. The number of nitrogens with one attached hydrogen (secondary N) is 8. The van der Waals surface area contributed by atoms with E-state index in [1.165, 1.54) is 48.5 Å². The summed E-state index contributed by atoms with van der Waals surface area (Å²) in [5, 5.41) is 69.4. The van der Waals surface area contributed by atoms with E-state index in [0.717, 1.165) is 6.92 Å². The molecule has 2 aromatic carbocycles. The van der Waals surface area contributed by atoms with Crippen LogP contribution in [0.2, 0.25) is 0 Å². The fourth-order valence-electron chi connectivity index (χ4n) is 7.63. The predicted molar refractivity (Wildman–Crippen MR) is 296 cm³/mol. The number of aliphatic carboxylic acids is 1. The van der Waals surface area contributed by atoms with Gasteiger partial charge in [0.1, 0.15) is 53.8 Å². The summed E-state index contributed by atoms with van der Waals surface area (Å²) in [7, 11) is 0. The monoisotopic (exact) mass is 1160 g/mol. The molecule has 0 spiro atoms. The van der Waals surface area contributed by atoms with Gasteiger partial charge in [0.05, 0.1) is 25.3 Å². The smallest absolute Gasteiger partial charge is 0.326 e. The summed E-state index contributed by atoms with van der Waals surface area (Å²) < 4.78 is 0. The number of aliphatic hydroxyl groups excluding tert-OH is 2. The topological polar surface area (TPSA) is 575 Å². The number of benzene rings is 2. The van der Waals surface area contributed by atoms with Crippen molar-refractivity contribution in [3.05, 3.63) is 59.7 Å². The number of carbonyl (C=O) groups excluding carboxylic acids is 9. The van der Waals surface area contributed by atoms with Gasteiger partial charge in [0.15, 0.2) is 11.9 Å². The van der Waals surface area contributed by atoms with Crippen molar-refractivity contribution in [2.75, 3.05) is 32.8 Å². The minimum Gasteiger partial charge on any atom is -0.508 e. The molecule has 9 atom stereocenters. The SMILES string of the molecule is C[C@@H](O)[C@H](NC(=O)CNC(=O)[C@H](Cc1ccc(O)cc1)NC(=O)[C@H](CCCN=C(N)N)NC(=O)[C@@H](N)CCCN=C(N)N)C(=O)N[C@@H](CO)C(=O)N[C@@H](CCCCN)C(=O)N[C@@H](Cc1ccc(O)cc1)C(=O)N[C@@H](CCC(N)=O)C(=O)O. The second-order valence-corrected chi connectivity index (χ2v) is 18.9. The Kier molecular flexibility index (Phi) is 30.7. The number of aromatic hydroxyl groups is 2. The molecule has 2 aromatic rings. The second-order valence-electron chi connectivity index (χ2n) is 18.9. The van der Waals surface area contributed by atoms with E-state index in [1.54, 1.807) is 0 Å². The number of guanidine groups is 2. The molecule has 82 heavy (non-hydrogen) atoms. The van der Waals surface area contributed by atoms with Crippen molar-refractivity contribution in [1.29, 1.82) is 0 Å². The maximum atomic E-state index is 14.0. The van der Waals surface area contributed by atoms with Crippen LogP contribution in [0.15, 0.2) is 58.5 Å². The van der Waals surface area contributed by atoms with Gasteiger partial charge in [-0.05, 0) is 100 Å². The summed E-state index contributed by atoms with van der Waals surface area (Å²) in [4.78, 5) is 140. The van der Waals surface area contributed by atoms with Gasteiger partial charge in [-0.2, -0.15) is 0 Å². The van der Waals surface area contributed by atoms with Gasteiger partial charge in [0.2, 0.25) is 53.2 Å². The van der Waals surface area contributed by atoms with E-state index in [-0.39, 0.29) is 94.4 Å². The predicted octanol–water partition coefficient (Wildman–Crippen LogP) is -7.32. The molecule has 0 radical (unpaired) electrons. The summed E-state index contributed by atoms with van der Waals surface area (Å²) >= 11 is 0. The largest absolute Gasteiger partial charge is 0.508 e. The number of hydrogen-bond donors (Lipinski definition) is 20. The van der Waals surface area contributed by atoms with E-state index < -0.39 is 133 Å². The lowest BCUT2D eigenvalue weighted by Crippen LogP contribution is -2.61. The van der Waals surface area contributed by atoms with Crippen molar-refractivity contribution in [3.63, 3.8) is 0 Å². The summed E-state index contributed by atoms with van der Waals surface area (Å²) in [5.41, 5.74) is 39.3. The highest BCUT2D eigenvalue weighted by Crippen LogP contribution is 2.15. The van der Waals surface area contributed by atoms with Crippen LogP contribution in [0.1, 0.15) is 75.8 Å². The third kappa shape index (κ3) is 26.9. The number of aliphatic hydroxyl groups is 2. The average Bonchev–Trinajstić information content (AvgIpc) is 3.43. The van der Waals surface area contributed by atoms with Crippen molar-refractivity contribution in [1.82, 2.24) is 42.5 Å². The number of primary amides is 1. The van der Waals surface area contributed by atoms with Gasteiger partial charge in [-0.1, -0.05) is 24.3 Å². The van der Waals surface area contributed by atoms with Crippen LogP contribution in [0.5, 0.6) is 11.5 Å². The third-order valence-electron chi connectivity index (χ3n) is 12.1. The van der Waals surface area contributed by atoms with E-state index in [1.807, 2.05) is 0 Å². The molecule has 0 bridgehead atoms. The number of carboxylic acids is 1. The number of rotatable bonds is 38. The third-order valence-corrected chi connectivity index (χ3v) is 12.1. The number of nitrogens with two attached hydrogens (primary N) is 7. The number of phenolic OH excluding ortho intramolecular Hbond substituents is 2. The molecule has 0 unspecified atom stereocenters. The molecular formula is C50H79N17O15. The molecule has 454 valence electrons. The maximum absolute atomic E-state index is 14.0. The molecule has 0 aliphatic carbocycles. The molecule has 0 saturated carbocycles. The van der Waals surface area contributed by atoms with E-state index in [9.17, 15) is 73.5 Å². The van der Waals surface area contributed by atoms with Crippen LogP contribution in [0.4, 0.5) is 0 Å². The lowest BCUT2D eigenvalue weighted by atomic mass is 10.0. The number of nitrogens with zero attached hydrogens (tertiary/aromatic N) is 2. The number of phenols is 2. The molecule has 0 saturated heterocycles. The number of unbranched alkanes of at least 4 members (excludes halogenated alkanes) is 1. The minimum absolute atomic E-state index is 0.0402. The Morgan fingerprint density at radius 1 is 0.524 bits per heavy atom. The zero-order chi connectivity index (χ0) is 61.5. The number of amides is 9. The highest BCUT2D eigenvalue weighted by Gasteiger charge is 2.35. The molecule has 0 heterocycles. The van der Waals surface area contributed by atoms with Gasteiger partial charge >= 0.3 is 5.97 Å². The van der Waals surface area contributed by atoms with Crippen molar-refractivity contribution in [3.8, 4) is 11.5 Å². The van der Waals surface area contributed by atoms with E-state index in [0.29, 0.717) is 24.0 Å². The Labute approximate surface area is 472 Å². The van der Waals surface area contributed by atoms with Crippen molar-refractivity contribution < 1.29 is 73.5 Å². The van der Waals surface area contributed by atoms with Crippen molar-refractivity contribution in [2.24, 2.45) is 50.1 Å². The molecule has 0 aromatic heterocycles. The Balaban J connectivity index is 2.30. The van der Waals surface area contributed by atoms with Crippen LogP contribution in [0.25, 0.3) is 0 Å². The van der Waals surface area contributed by atoms with Gasteiger partial charge in [-0.3, -0.25) is 53.1 Å². The molecule has 32 nitrogen and oxygen atoms in total. The number of hydrogen-bond acceptors (Lipinski definition) is 18. The molecule has 27 N–H and O–H groups in total. The Bertz CT molecular complexity index is 2510. The van der Waals surface area contributed by atoms with Gasteiger partial charge in [0.25, 0.3) is 0 Å². The highest BCUT2D eigenvalue weighted by molar-refractivity contribution is 5.98. The first-order valence-corrected chi connectivity index (χ1v) is 26.1. The van der Waals surface area contributed by atoms with Crippen molar-refractivity contribution in [2.45, 2.75) is 132 Å². The van der Waals surface area contributed by atoms with Gasteiger partial charge in [-0.25, -0.2) is 4.79 Å². The fraction of sp³-hybridized carbons (Fsp3) is 0.520. The van der Waals surface area contributed by atoms with Crippen LogP contribution in [-0.2, 0) is 60.8 Å². The maximum Gasteiger partial charge on any atom is 0.326 e. The van der Waals surface area contributed by atoms with Crippen LogP contribution >= 0.6 is 0 Å². The molecule has 0 aliphatic heterocycles. The van der Waals surface area contributed by atoms with Gasteiger partial charge in [-0.15, -0.1) is 0 Å². The number of aliphatic imine (C=N–C) groups is 2. The number of carbonyl (C=O) groups is 10. The quantitative estimate of drug-likeness (QED) is 0.0169. The van der Waals surface area contributed by atoms with Crippen molar-refractivity contribution >= 4 is 71.1 Å². The lowest BCUT2D eigenvalue weighted by molar-refractivity contribution is -0.142. The van der Waals surface area contributed by atoms with E-state index >= 15 is 0 Å². The van der Waals surface area contributed by atoms with E-state index in [2.05, 4.69) is 52.5 Å². The average molecular weight is 1160 g/mol. The molecular weight excluding hydrogens is 1080 g/mol. The van der Waals surface area contributed by atoms with E-state index in [4.69, 9.17) is 40.1 Å². The summed E-state index contributed by atoms with van der Waals surface area (Å²) in [6.07, 6.45) is -1.91. The van der Waals surface area contributed by atoms with Crippen LogP contribution in [0.3, 0.4) is 0 Å². The lowest BCUT2D eigenvalue weighted by Gasteiger charge is -2.27. The summed E-state index contributed by atoms with van der Waals surface area (Å²) in [6, 6.07) is -1.11. The first-order chi connectivity index (χ1) is 38.7. The zero-order valence-corrected chi connectivity index (χ0v) is 45.4. The molecule has 32 heteroatoms. The Morgan fingerprint density at radius 3 is 1.41 bits per heavy atom. The van der Waals surface area contributed by atoms with Gasteiger partial charge < -0.3 is 108 Å². The minimum atomic E-state index is -1.85. The second kappa shape index (κ2) is 36.4. The van der Waals surface area contributed by atoms with Crippen LogP contribution in [0, 0.1) is 0 Å². The zero-order valence-electron chi connectivity index (χ0n) is 45.4. The number of carboxylic acid groups (broad SMARTS) is 1. The van der Waals surface area contributed by atoms with Gasteiger partial charge in [0, 0.05) is 32.4 Å². The van der Waals surface area contributed by atoms with Crippen LogP contribution < -0.4 is 82.7 Å². The Hall–Kier alpha value is -8.88. The fourth-order valence-corrected chi connectivity index (χ4v) is 7.63. The first-order valence-electron chi connectivity index (χ1n) is 26.1. The molecule has 0 aliphatic rings. The summed E-state index contributed by atoms with van der Waals surface area (Å²) in [6.45, 7) is -0.452. The standard InChI is InChI=1S/C50H79N17O15/c1-26(69)40(47(80)66-37(25-68)46(79)62-32(7-2-3-19-51)43(76)65-36(23-28-11-15-30(71)16-12-28)45(78)63-34(48(81)82)17-18-38(53)72)67-39(73)24-60-42(75)35(22-27-9-13-29(70)14-10-27)64-44(77)33(8-5-21-59-50(56)57)61-41(74)31(52)6-4-20-58-49(54)55/h9-16,26,31-37,40,68-71H,2-8,17-25,51-52H2,1H3,(H2,53,72)(H,60,75)(H,61,74)(H,62,79)(H,63,78)(H,64,77)(H,65,76)(H,66,80)(H,67,73)(H,81,82)(H4,54,55,58)(H4,56,57,59)/t26-,31+,32+,33+,34+,35+,36+,37+,40+/m1/s1. The first kappa shape index (κ1) is 69.2. The highest BCUT2D eigenvalue weighted by atomic mass is 16.4. The Morgan fingerprint density at radius 2 is 0.951 bits per heavy atom. The summed E-state index contributed by atoms with van der Waals surface area (Å²) in [5.74, 6) is -10.9.